The minimum absolute atomic E-state index is 0.0556. The summed E-state index contributed by atoms with van der Waals surface area (Å²) in [4.78, 5) is 15.4. The highest BCUT2D eigenvalue weighted by atomic mass is 32.1. The number of hydrogen-bond donors (Lipinski definition) is 1. The molecule has 5 heteroatoms. The van der Waals surface area contributed by atoms with E-state index in [1.165, 1.54) is 10.4 Å². The summed E-state index contributed by atoms with van der Waals surface area (Å²) in [5, 5.41) is 5.00. The van der Waals surface area contributed by atoms with Crippen molar-refractivity contribution < 1.29 is 9.53 Å². The van der Waals surface area contributed by atoms with E-state index in [4.69, 9.17) is 4.74 Å². The molecule has 22 heavy (non-hydrogen) atoms. The van der Waals surface area contributed by atoms with Gasteiger partial charge in [-0.25, -0.2) is 0 Å². The van der Waals surface area contributed by atoms with Gasteiger partial charge in [-0.15, -0.1) is 11.3 Å². The van der Waals surface area contributed by atoms with Gasteiger partial charge in [0.1, 0.15) is 0 Å². The summed E-state index contributed by atoms with van der Waals surface area (Å²) < 4.78 is 5.82. The van der Waals surface area contributed by atoms with Gasteiger partial charge in [-0.2, -0.15) is 0 Å². The lowest BCUT2D eigenvalue weighted by Crippen LogP contribution is -2.44. The largest absolute Gasteiger partial charge is 0.371 e. The number of thiophene rings is 1. The van der Waals surface area contributed by atoms with Crippen LogP contribution in [0.1, 0.15) is 16.5 Å². The topological polar surface area (TPSA) is 41.6 Å². The van der Waals surface area contributed by atoms with Gasteiger partial charge >= 0.3 is 0 Å². The first-order valence-corrected chi connectivity index (χ1v) is 8.37. The minimum Gasteiger partial charge on any atom is -0.371 e. The summed E-state index contributed by atoms with van der Waals surface area (Å²) >= 11 is 1.66. The van der Waals surface area contributed by atoms with Crippen molar-refractivity contribution in [3.8, 4) is 0 Å². The van der Waals surface area contributed by atoms with Crippen molar-refractivity contribution in [2.24, 2.45) is 0 Å². The lowest BCUT2D eigenvalue weighted by atomic mass is 10.1. The number of benzene rings is 1. The van der Waals surface area contributed by atoms with E-state index in [1.54, 1.807) is 11.3 Å². The molecule has 1 N–H and O–H groups in total. The Labute approximate surface area is 134 Å². The third-order valence-electron chi connectivity index (χ3n) is 3.73. The van der Waals surface area contributed by atoms with Crippen molar-refractivity contribution in [1.82, 2.24) is 10.2 Å². The molecule has 0 bridgehead atoms. The van der Waals surface area contributed by atoms with Gasteiger partial charge in [-0.3, -0.25) is 9.69 Å². The van der Waals surface area contributed by atoms with E-state index in [2.05, 4.69) is 22.3 Å². The molecule has 1 amide bonds. The molecular weight excluding hydrogens is 296 g/mol. The Balaban J connectivity index is 1.48. The van der Waals surface area contributed by atoms with E-state index < -0.39 is 0 Å². The number of rotatable bonds is 5. The first-order chi connectivity index (χ1) is 10.8. The molecule has 2 aromatic rings. The Bertz CT molecular complexity index is 586. The van der Waals surface area contributed by atoms with E-state index in [9.17, 15) is 4.79 Å². The van der Waals surface area contributed by atoms with Crippen LogP contribution in [-0.4, -0.2) is 37.0 Å². The third kappa shape index (κ3) is 4.16. The average molecular weight is 316 g/mol. The predicted molar refractivity (Wildman–Crippen MR) is 87.7 cm³/mol. The fraction of sp³-hybridized carbons (Fsp3) is 0.353. The molecule has 1 aliphatic rings. The molecule has 116 valence electrons. The van der Waals surface area contributed by atoms with Crippen LogP contribution < -0.4 is 5.32 Å². The molecular formula is C17H20N2O2S. The molecule has 0 aliphatic carbocycles. The van der Waals surface area contributed by atoms with Crippen molar-refractivity contribution in [1.29, 1.82) is 0 Å². The van der Waals surface area contributed by atoms with Crippen LogP contribution in [0.5, 0.6) is 0 Å². The molecule has 1 aliphatic heterocycles. The number of nitrogens with zero attached hydrogens (tertiary/aromatic N) is 1. The van der Waals surface area contributed by atoms with Crippen LogP contribution in [0.25, 0.3) is 0 Å². The van der Waals surface area contributed by atoms with Crippen molar-refractivity contribution in [3.05, 3.63) is 58.3 Å². The van der Waals surface area contributed by atoms with Gasteiger partial charge in [0.2, 0.25) is 5.91 Å². The number of hydrogen-bond acceptors (Lipinski definition) is 4. The number of carbonyl (C=O) groups is 1. The zero-order valence-electron chi connectivity index (χ0n) is 12.4. The molecule has 1 fully saturated rings. The fourth-order valence-electron chi connectivity index (χ4n) is 2.57. The molecule has 3 rings (SSSR count). The van der Waals surface area contributed by atoms with Crippen LogP contribution in [0.15, 0.2) is 47.8 Å². The SMILES string of the molecule is O=C(CN1CCOC(c2ccccc2)C1)NCc1cccs1. The van der Waals surface area contributed by atoms with E-state index in [0.717, 1.165) is 13.1 Å². The molecule has 1 aromatic heterocycles. The van der Waals surface area contributed by atoms with Crippen molar-refractivity contribution in [2.45, 2.75) is 12.6 Å². The quantitative estimate of drug-likeness (QED) is 0.921. The summed E-state index contributed by atoms with van der Waals surface area (Å²) in [6.45, 7) is 3.27. The molecule has 1 saturated heterocycles. The Morgan fingerprint density at radius 1 is 1.27 bits per heavy atom. The predicted octanol–water partition coefficient (Wildman–Crippen LogP) is 2.44. The zero-order valence-corrected chi connectivity index (χ0v) is 13.2. The zero-order chi connectivity index (χ0) is 15.2. The molecule has 1 atom stereocenters. The Hall–Kier alpha value is -1.69. The van der Waals surface area contributed by atoms with Crippen molar-refractivity contribution >= 4 is 17.2 Å². The van der Waals surface area contributed by atoms with Gasteiger partial charge in [0.15, 0.2) is 0 Å². The van der Waals surface area contributed by atoms with Crippen LogP contribution in [0.3, 0.4) is 0 Å². The molecule has 1 aromatic carbocycles. The lowest BCUT2D eigenvalue weighted by Gasteiger charge is -2.32. The van der Waals surface area contributed by atoms with Crippen LogP contribution >= 0.6 is 11.3 Å². The van der Waals surface area contributed by atoms with Crippen molar-refractivity contribution in [2.75, 3.05) is 26.2 Å². The second kappa shape index (κ2) is 7.54. The second-order valence-electron chi connectivity index (χ2n) is 5.36. The third-order valence-corrected chi connectivity index (χ3v) is 4.61. The van der Waals surface area contributed by atoms with E-state index in [-0.39, 0.29) is 12.0 Å². The highest BCUT2D eigenvalue weighted by Gasteiger charge is 2.23. The number of nitrogens with one attached hydrogen (secondary N) is 1. The number of amides is 1. The maximum atomic E-state index is 12.1. The Morgan fingerprint density at radius 3 is 2.91 bits per heavy atom. The molecule has 2 heterocycles. The maximum absolute atomic E-state index is 12.1. The van der Waals surface area contributed by atoms with Crippen LogP contribution in [0, 0.1) is 0 Å². The number of morpholine rings is 1. The van der Waals surface area contributed by atoms with Gasteiger partial charge in [-0.1, -0.05) is 36.4 Å². The highest BCUT2D eigenvalue weighted by molar-refractivity contribution is 7.09. The van der Waals surface area contributed by atoms with Gasteiger partial charge in [0, 0.05) is 18.0 Å². The van der Waals surface area contributed by atoms with Crippen molar-refractivity contribution in [3.63, 3.8) is 0 Å². The molecule has 4 nitrogen and oxygen atoms in total. The fourth-order valence-corrected chi connectivity index (χ4v) is 3.22. The summed E-state index contributed by atoms with van der Waals surface area (Å²) in [7, 11) is 0. The summed E-state index contributed by atoms with van der Waals surface area (Å²) in [5.41, 5.74) is 1.17. The second-order valence-corrected chi connectivity index (χ2v) is 6.39. The first kappa shape index (κ1) is 15.2. The summed E-state index contributed by atoms with van der Waals surface area (Å²) in [5.74, 6) is 0.0714. The van der Waals surface area contributed by atoms with E-state index >= 15 is 0 Å². The Kier molecular flexibility index (Phi) is 5.21. The first-order valence-electron chi connectivity index (χ1n) is 7.49. The monoisotopic (exact) mass is 316 g/mol. The van der Waals surface area contributed by atoms with Crippen LogP contribution in [0.2, 0.25) is 0 Å². The highest BCUT2D eigenvalue weighted by Crippen LogP contribution is 2.21. The number of ether oxygens (including phenoxy) is 1. The molecule has 0 spiro atoms. The molecule has 0 radical (unpaired) electrons. The van der Waals surface area contributed by atoms with Gasteiger partial charge < -0.3 is 10.1 Å². The maximum Gasteiger partial charge on any atom is 0.234 e. The molecule has 1 unspecified atom stereocenters. The van der Waals surface area contributed by atoms with Gasteiger partial charge in [0.05, 0.1) is 25.8 Å². The van der Waals surface area contributed by atoms with Gasteiger partial charge in [0.25, 0.3) is 0 Å². The van der Waals surface area contributed by atoms with Gasteiger partial charge in [-0.05, 0) is 17.0 Å². The van der Waals surface area contributed by atoms with Crippen LogP contribution in [0.4, 0.5) is 0 Å². The summed E-state index contributed by atoms with van der Waals surface area (Å²) in [6, 6.07) is 14.2. The Morgan fingerprint density at radius 2 is 2.14 bits per heavy atom. The normalized spacial score (nSPS) is 19.0. The lowest BCUT2D eigenvalue weighted by molar-refractivity contribution is -0.124. The minimum atomic E-state index is 0.0556. The smallest absolute Gasteiger partial charge is 0.234 e. The van der Waals surface area contributed by atoms with E-state index in [0.29, 0.717) is 19.7 Å². The van der Waals surface area contributed by atoms with Crippen LogP contribution in [-0.2, 0) is 16.1 Å². The standard InChI is InChI=1S/C17H20N2O2S/c20-17(18-11-15-7-4-10-22-15)13-19-8-9-21-16(12-19)14-5-2-1-3-6-14/h1-7,10,16H,8-9,11-13H2,(H,18,20). The van der Waals surface area contributed by atoms with E-state index in [1.807, 2.05) is 35.7 Å². The average Bonchev–Trinajstić information content (AvgIpc) is 3.08. The summed E-state index contributed by atoms with van der Waals surface area (Å²) in [6.07, 6.45) is 0.0556. The number of carbonyl (C=O) groups excluding carboxylic acids is 1. The molecule has 0 saturated carbocycles.